The van der Waals surface area contributed by atoms with Crippen LogP contribution in [0.4, 0.5) is 5.95 Å². The van der Waals surface area contributed by atoms with Crippen LogP contribution in [0.25, 0.3) is 17.0 Å². The zero-order valence-electron chi connectivity index (χ0n) is 12.8. The van der Waals surface area contributed by atoms with Crippen LogP contribution in [-0.2, 0) is 0 Å². The first-order valence-electron chi connectivity index (χ1n) is 7.97. The van der Waals surface area contributed by atoms with Gasteiger partial charge in [-0.25, -0.2) is 19.5 Å². The predicted octanol–water partition coefficient (Wildman–Crippen LogP) is 1.60. The van der Waals surface area contributed by atoms with Crippen LogP contribution >= 0.6 is 0 Å². The zero-order chi connectivity index (χ0) is 15.5. The lowest BCUT2D eigenvalue weighted by atomic mass is 9.98. The quantitative estimate of drug-likeness (QED) is 0.762. The minimum Gasteiger partial charge on any atom is -0.354 e. The van der Waals surface area contributed by atoms with E-state index in [-0.39, 0.29) is 0 Å². The molecule has 1 fully saturated rings. The van der Waals surface area contributed by atoms with Gasteiger partial charge < -0.3 is 10.6 Å². The summed E-state index contributed by atoms with van der Waals surface area (Å²) in [7, 11) is 0. The van der Waals surface area contributed by atoms with E-state index in [1.54, 1.807) is 16.9 Å². The Kier molecular flexibility index (Phi) is 3.85. The molecule has 0 atom stereocenters. The SMILES string of the molecule is c1cc(-c2ccn3nccc3n2)nc(NCC2CCNCC2)n1. The summed E-state index contributed by atoms with van der Waals surface area (Å²) in [6.45, 7) is 3.12. The Morgan fingerprint density at radius 3 is 2.87 bits per heavy atom. The highest BCUT2D eigenvalue weighted by atomic mass is 15.2. The number of hydrogen-bond acceptors (Lipinski definition) is 6. The largest absolute Gasteiger partial charge is 0.354 e. The molecular formula is C16H19N7. The number of aromatic nitrogens is 5. The molecule has 3 aromatic heterocycles. The number of fused-ring (bicyclic) bond motifs is 1. The number of hydrogen-bond donors (Lipinski definition) is 2. The second-order valence-electron chi connectivity index (χ2n) is 5.79. The maximum absolute atomic E-state index is 4.59. The number of rotatable bonds is 4. The summed E-state index contributed by atoms with van der Waals surface area (Å²) in [5, 5.41) is 10.9. The molecule has 1 aliphatic heterocycles. The van der Waals surface area contributed by atoms with Crippen molar-refractivity contribution in [2.45, 2.75) is 12.8 Å². The molecule has 0 bridgehead atoms. The van der Waals surface area contributed by atoms with Crippen molar-refractivity contribution in [1.82, 2.24) is 29.9 Å². The van der Waals surface area contributed by atoms with E-state index in [1.807, 2.05) is 24.4 Å². The lowest BCUT2D eigenvalue weighted by Gasteiger charge is -2.22. The Morgan fingerprint density at radius 1 is 1.09 bits per heavy atom. The van der Waals surface area contributed by atoms with Crippen molar-refractivity contribution in [1.29, 1.82) is 0 Å². The smallest absolute Gasteiger partial charge is 0.223 e. The average molecular weight is 309 g/mol. The Morgan fingerprint density at radius 2 is 1.96 bits per heavy atom. The molecule has 0 unspecified atom stereocenters. The molecule has 0 radical (unpaired) electrons. The molecule has 0 aromatic carbocycles. The van der Waals surface area contributed by atoms with Crippen molar-refractivity contribution in [2.24, 2.45) is 5.92 Å². The van der Waals surface area contributed by atoms with E-state index in [4.69, 9.17) is 0 Å². The van der Waals surface area contributed by atoms with E-state index < -0.39 is 0 Å². The van der Waals surface area contributed by atoms with Gasteiger partial charge in [0, 0.05) is 25.0 Å². The highest BCUT2D eigenvalue weighted by molar-refractivity contribution is 5.58. The van der Waals surface area contributed by atoms with Gasteiger partial charge in [-0.05, 0) is 44.0 Å². The molecule has 1 saturated heterocycles. The third-order valence-corrected chi connectivity index (χ3v) is 4.18. The summed E-state index contributed by atoms with van der Waals surface area (Å²) in [5.41, 5.74) is 2.45. The third kappa shape index (κ3) is 3.14. The molecule has 23 heavy (non-hydrogen) atoms. The van der Waals surface area contributed by atoms with Crippen LogP contribution in [0.3, 0.4) is 0 Å². The summed E-state index contributed by atoms with van der Waals surface area (Å²) >= 11 is 0. The Balaban J connectivity index is 1.50. The van der Waals surface area contributed by atoms with Crippen LogP contribution < -0.4 is 10.6 Å². The average Bonchev–Trinajstić information content (AvgIpc) is 3.09. The zero-order valence-corrected chi connectivity index (χ0v) is 12.8. The third-order valence-electron chi connectivity index (χ3n) is 4.18. The maximum atomic E-state index is 4.59. The molecule has 7 nitrogen and oxygen atoms in total. The van der Waals surface area contributed by atoms with Gasteiger partial charge in [0.05, 0.1) is 17.6 Å². The fourth-order valence-corrected chi connectivity index (χ4v) is 2.86. The minimum absolute atomic E-state index is 0.663. The first-order valence-corrected chi connectivity index (χ1v) is 7.97. The minimum atomic E-state index is 0.663. The van der Waals surface area contributed by atoms with Crippen LogP contribution in [0.5, 0.6) is 0 Å². The van der Waals surface area contributed by atoms with Crippen molar-refractivity contribution in [3.8, 4) is 11.4 Å². The Labute approximate surface area is 134 Å². The van der Waals surface area contributed by atoms with E-state index in [0.717, 1.165) is 36.7 Å². The standard InChI is InChI=1S/C16H19N7/c1-6-17-7-2-12(1)11-19-16-18-8-3-13(22-16)14-5-10-23-15(21-14)4-9-20-23/h3-5,8-10,12,17H,1-2,6-7,11H2,(H,18,19,22). The van der Waals surface area contributed by atoms with E-state index in [2.05, 4.69) is 30.7 Å². The van der Waals surface area contributed by atoms with E-state index in [9.17, 15) is 0 Å². The number of nitrogens with zero attached hydrogens (tertiary/aromatic N) is 5. The van der Waals surface area contributed by atoms with Gasteiger partial charge in [-0.15, -0.1) is 0 Å². The van der Waals surface area contributed by atoms with Gasteiger partial charge in [0.2, 0.25) is 5.95 Å². The highest BCUT2D eigenvalue weighted by Crippen LogP contribution is 2.17. The molecule has 0 amide bonds. The van der Waals surface area contributed by atoms with Crippen LogP contribution in [-0.4, -0.2) is 44.2 Å². The molecule has 0 aliphatic carbocycles. The van der Waals surface area contributed by atoms with Crippen LogP contribution in [0.1, 0.15) is 12.8 Å². The summed E-state index contributed by atoms with van der Waals surface area (Å²) in [6, 6.07) is 5.67. The van der Waals surface area contributed by atoms with Gasteiger partial charge >= 0.3 is 0 Å². The fraction of sp³-hybridized carbons (Fsp3) is 0.375. The molecule has 3 aromatic rings. The summed E-state index contributed by atoms with van der Waals surface area (Å²) < 4.78 is 1.74. The first-order chi connectivity index (χ1) is 11.4. The van der Waals surface area contributed by atoms with Crippen molar-refractivity contribution in [2.75, 3.05) is 25.0 Å². The van der Waals surface area contributed by atoms with Gasteiger partial charge in [-0.3, -0.25) is 0 Å². The lowest BCUT2D eigenvalue weighted by Crippen LogP contribution is -2.31. The molecule has 2 N–H and O–H groups in total. The summed E-state index contributed by atoms with van der Waals surface area (Å²) in [6.07, 6.45) is 7.80. The van der Waals surface area contributed by atoms with Crippen LogP contribution in [0, 0.1) is 5.92 Å². The highest BCUT2D eigenvalue weighted by Gasteiger charge is 2.13. The number of nitrogens with one attached hydrogen (secondary N) is 2. The van der Waals surface area contributed by atoms with Gasteiger partial charge in [0.1, 0.15) is 0 Å². The molecule has 118 valence electrons. The number of anilines is 1. The van der Waals surface area contributed by atoms with E-state index in [0.29, 0.717) is 11.9 Å². The molecular weight excluding hydrogens is 290 g/mol. The van der Waals surface area contributed by atoms with Crippen LogP contribution in [0.2, 0.25) is 0 Å². The molecule has 7 heteroatoms. The van der Waals surface area contributed by atoms with Crippen molar-refractivity contribution in [3.63, 3.8) is 0 Å². The second kappa shape index (κ2) is 6.29. The van der Waals surface area contributed by atoms with Crippen molar-refractivity contribution < 1.29 is 0 Å². The maximum Gasteiger partial charge on any atom is 0.223 e. The Bertz CT molecular complexity index is 792. The molecule has 4 heterocycles. The molecule has 0 saturated carbocycles. The molecule has 0 spiro atoms. The summed E-state index contributed by atoms with van der Waals surface area (Å²) in [5.74, 6) is 1.35. The van der Waals surface area contributed by atoms with Gasteiger partial charge in [-0.2, -0.15) is 5.10 Å². The monoisotopic (exact) mass is 309 g/mol. The van der Waals surface area contributed by atoms with Gasteiger partial charge in [0.15, 0.2) is 5.65 Å². The number of piperidine rings is 1. The van der Waals surface area contributed by atoms with Gasteiger partial charge in [-0.1, -0.05) is 0 Å². The fourth-order valence-electron chi connectivity index (χ4n) is 2.86. The molecule has 4 rings (SSSR count). The first kappa shape index (κ1) is 14.1. The van der Waals surface area contributed by atoms with E-state index >= 15 is 0 Å². The van der Waals surface area contributed by atoms with Gasteiger partial charge in [0.25, 0.3) is 0 Å². The normalized spacial score (nSPS) is 15.8. The summed E-state index contributed by atoms with van der Waals surface area (Å²) in [4.78, 5) is 13.5. The van der Waals surface area contributed by atoms with Crippen molar-refractivity contribution in [3.05, 3.63) is 36.8 Å². The predicted molar refractivity (Wildman–Crippen MR) is 88.1 cm³/mol. The Hall–Kier alpha value is -2.54. The van der Waals surface area contributed by atoms with E-state index in [1.165, 1.54) is 12.8 Å². The molecule has 1 aliphatic rings. The topological polar surface area (TPSA) is 80.0 Å². The second-order valence-corrected chi connectivity index (χ2v) is 5.79. The van der Waals surface area contributed by atoms with Crippen molar-refractivity contribution >= 4 is 11.6 Å². The lowest BCUT2D eigenvalue weighted by molar-refractivity contribution is 0.389. The van der Waals surface area contributed by atoms with Crippen LogP contribution in [0.15, 0.2) is 36.8 Å².